The second kappa shape index (κ2) is 7.32. The van der Waals surface area contributed by atoms with Gasteiger partial charge in [-0.05, 0) is 22.5 Å². The molecule has 1 N–H and O–H groups in total. The molecular formula is C10H15BrF4N4O. The Kier molecular flexibility index (Phi) is 6.34. The highest BCUT2D eigenvalue weighted by Crippen LogP contribution is 2.25. The average Bonchev–Trinajstić information content (AvgIpc) is 2.68. The van der Waals surface area contributed by atoms with Gasteiger partial charge in [-0.15, -0.1) is 5.10 Å². The largest absolute Gasteiger partial charge is 0.373 e. The molecular weight excluding hydrogens is 348 g/mol. The van der Waals surface area contributed by atoms with Crippen LogP contribution in [0.2, 0.25) is 0 Å². The summed E-state index contributed by atoms with van der Waals surface area (Å²) in [5, 5.41) is 10.5. The molecule has 0 aliphatic carbocycles. The fourth-order valence-electron chi connectivity index (χ4n) is 1.57. The van der Waals surface area contributed by atoms with E-state index in [-0.39, 0.29) is 6.61 Å². The van der Waals surface area contributed by atoms with Crippen LogP contribution in [0.3, 0.4) is 0 Å². The Morgan fingerprint density at radius 3 is 2.55 bits per heavy atom. The van der Waals surface area contributed by atoms with Gasteiger partial charge in [-0.1, -0.05) is 12.1 Å². The van der Waals surface area contributed by atoms with Gasteiger partial charge in [-0.25, -0.2) is 13.5 Å². The quantitative estimate of drug-likeness (QED) is 0.720. The van der Waals surface area contributed by atoms with E-state index >= 15 is 0 Å². The molecule has 0 saturated carbocycles. The van der Waals surface area contributed by atoms with E-state index in [9.17, 15) is 17.6 Å². The normalized spacial score (nSPS) is 14.0. The van der Waals surface area contributed by atoms with E-state index in [1.807, 2.05) is 6.92 Å². The Morgan fingerprint density at radius 1 is 1.45 bits per heavy atom. The maximum atomic E-state index is 12.7. The molecule has 1 heterocycles. The molecule has 1 unspecified atom stereocenters. The third-order valence-corrected chi connectivity index (χ3v) is 3.07. The van der Waals surface area contributed by atoms with Gasteiger partial charge >= 0.3 is 12.3 Å². The lowest BCUT2D eigenvalue weighted by atomic mass is 10.2. The van der Waals surface area contributed by atoms with Crippen molar-refractivity contribution < 1.29 is 22.3 Å². The maximum Gasteiger partial charge on any atom is 0.330 e. The number of rotatable bonds is 8. The topological polar surface area (TPSA) is 52.0 Å². The molecule has 116 valence electrons. The van der Waals surface area contributed by atoms with Gasteiger partial charge in [0.25, 0.3) is 0 Å². The summed E-state index contributed by atoms with van der Waals surface area (Å²) >= 11 is 3.18. The summed E-state index contributed by atoms with van der Waals surface area (Å²) in [4.78, 5) is 0. The van der Waals surface area contributed by atoms with E-state index < -0.39 is 25.0 Å². The number of nitrogens with zero attached hydrogens (tertiary/aromatic N) is 3. The molecule has 0 spiro atoms. The van der Waals surface area contributed by atoms with Gasteiger partial charge < -0.3 is 10.1 Å². The average molecular weight is 363 g/mol. The Morgan fingerprint density at radius 2 is 2.10 bits per heavy atom. The lowest BCUT2D eigenvalue weighted by Crippen LogP contribution is -2.35. The number of hydrogen-bond donors (Lipinski definition) is 1. The van der Waals surface area contributed by atoms with E-state index in [0.717, 1.165) is 0 Å². The van der Waals surface area contributed by atoms with Crippen molar-refractivity contribution in [2.75, 3.05) is 19.8 Å². The molecule has 1 aromatic rings. The minimum Gasteiger partial charge on any atom is -0.373 e. The standard InChI is InChI=1S/C10H15BrF4N4O/c1-3-16-6(7-8(11)17-18-19(7)2)4-20-5-10(14,15)9(12)13/h6,9,16H,3-5H2,1-2H3. The van der Waals surface area contributed by atoms with Crippen LogP contribution in [0.5, 0.6) is 0 Å². The molecule has 20 heavy (non-hydrogen) atoms. The predicted molar refractivity (Wildman–Crippen MR) is 66.9 cm³/mol. The molecule has 0 aliphatic rings. The first-order chi connectivity index (χ1) is 9.29. The van der Waals surface area contributed by atoms with Gasteiger partial charge in [0, 0.05) is 7.05 Å². The lowest BCUT2D eigenvalue weighted by Gasteiger charge is -2.20. The monoisotopic (exact) mass is 362 g/mol. The van der Waals surface area contributed by atoms with Crippen LogP contribution in [0.1, 0.15) is 18.7 Å². The van der Waals surface area contributed by atoms with Crippen molar-refractivity contribution in [3.05, 3.63) is 10.3 Å². The van der Waals surface area contributed by atoms with Crippen LogP contribution in [0, 0.1) is 0 Å². The van der Waals surface area contributed by atoms with Crippen molar-refractivity contribution in [2.45, 2.75) is 25.3 Å². The first-order valence-electron chi connectivity index (χ1n) is 5.81. The second-order valence-corrected chi connectivity index (χ2v) is 4.83. The Balaban J connectivity index is 2.66. The van der Waals surface area contributed by atoms with Crippen molar-refractivity contribution >= 4 is 15.9 Å². The van der Waals surface area contributed by atoms with Crippen molar-refractivity contribution in [3.8, 4) is 0 Å². The fourth-order valence-corrected chi connectivity index (χ4v) is 2.17. The molecule has 0 saturated heterocycles. The van der Waals surface area contributed by atoms with Gasteiger partial charge in [-0.2, -0.15) is 8.78 Å². The van der Waals surface area contributed by atoms with E-state index in [1.54, 1.807) is 7.05 Å². The minimum atomic E-state index is -4.15. The predicted octanol–water partition coefficient (Wildman–Crippen LogP) is 2.15. The smallest absolute Gasteiger partial charge is 0.330 e. The van der Waals surface area contributed by atoms with Gasteiger partial charge in [0.05, 0.1) is 18.3 Å². The summed E-state index contributed by atoms with van der Waals surface area (Å²) in [6.07, 6.45) is -3.75. The summed E-state index contributed by atoms with van der Waals surface area (Å²) in [5.74, 6) is -4.15. The Labute approximate surface area is 121 Å². The van der Waals surface area contributed by atoms with Gasteiger partial charge in [-0.3, -0.25) is 0 Å². The van der Waals surface area contributed by atoms with Gasteiger partial charge in [0.15, 0.2) is 4.60 Å². The molecule has 0 aliphatic heterocycles. The third kappa shape index (κ3) is 4.38. The molecule has 5 nitrogen and oxygen atoms in total. The zero-order chi connectivity index (χ0) is 15.3. The van der Waals surface area contributed by atoms with Crippen LogP contribution in [0.15, 0.2) is 4.60 Å². The summed E-state index contributed by atoms with van der Waals surface area (Å²) in [6.45, 7) is 0.820. The number of alkyl halides is 4. The van der Waals surface area contributed by atoms with Crippen molar-refractivity contribution in [2.24, 2.45) is 7.05 Å². The lowest BCUT2D eigenvalue weighted by molar-refractivity contribution is -0.167. The SMILES string of the molecule is CCNC(COCC(F)(F)C(F)F)c1c(Br)nnn1C. The minimum absolute atomic E-state index is 0.198. The number of halogens is 5. The number of aryl methyl sites for hydroxylation is 1. The maximum absolute atomic E-state index is 12.7. The van der Waals surface area contributed by atoms with Crippen LogP contribution in [-0.2, 0) is 11.8 Å². The first-order valence-corrected chi connectivity index (χ1v) is 6.61. The van der Waals surface area contributed by atoms with Gasteiger partial charge in [0.1, 0.15) is 6.61 Å². The third-order valence-electron chi connectivity index (χ3n) is 2.51. The van der Waals surface area contributed by atoms with Crippen LogP contribution in [0.25, 0.3) is 0 Å². The van der Waals surface area contributed by atoms with Crippen molar-refractivity contribution in [1.29, 1.82) is 0 Å². The Hall–Kier alpha value is -0.740. The van der Waals surface area contributed by atoms with E-state index in [2.05, 4.69) is 31.6 Å². The molecule has 0 aromatic carbocycles. The molecule has 0 bridgehead atoms. The van der Waals surface area contributed by atoms with E-state index in [4.69, 9.17) is 4.74 Å². The zero-order valence-corrected chi connectivity index (χ0v) is 12.5. The molecule has 10 heteroatoms. The number of aromatic nitrogens is 3. The van der Waals surface area contributed by atoms with Crippen molar-refractivity contribution in [3.63, 3.8) is 0 Å². The van der Waals surface area contributed by atoms with Gasteiger partial charge in [0.2, 0.25) is 0 Å². The first kappa shape index (κ1) is 17.3. The molecule has 0 amide bonds. The molecule has 0 fully saturated rings. The second-order valence-electron chi connectivity index (χ2n) is 4.08. The van der Waals surface area contributed by atoms with Crippen molar-refractivity contribution in [1.82, 2.24) is 20.3 Å². The fraction of sp³-hybridized carbons (Fsp3) is 0.800. The highest BCUT2D eigenvalue weighted by Gasteiger charge is 2.41. The molecule has 0 radical (unpaired) electrons. The Bertz CT molecular complexity index is 410. The van der Waals surface area contributed by atoms with Crippen LogP contribution in [0.4, 0.5) is 17.6 Å². The number of likely N-dealkylation sites (N-methyl/N-ethyl adjacent to an activating group) is 1. The van der Waals surface area contributed by atoms with E-state index in [1.165, 1.54) is 4.68 Å². The summed E-state index contributed by atoms with van der Waals surface area (Å²) in [7, 11) is 1.63. The van der Waals surface area contributed by atoms with Crippen LogP contribution < -0.4 is 5.32 Å². The zero-order valence-electron chi connectivity index (χ0n) is 10.9. The van der Waals surface area contributed by atoms with Crippen LogP contribution >= 0.6 is 15.9 Å². The summed E-state index contributed by atoms with van der Waals surface area (Å²) in [5.41, 5.74) is 0.590. The number of nitrogens with one attached hydrogen (secondary N) is 1. The number of ether oxygens (including phenoxy) is 1. The molecule has 1 aromatic heterocycles. The molecule has 1 rings (SSSR count). The number of hydrogen-bond acceptors (Lipinski definition) is 4. The highest BCUT2D eigenvalue weighted by molar-refractivity contribution is 9.10. The van der Waals surface area contributed by atoms with Crippen LogP contribution in [-0.4, -0.2) is 47.1 Å². The summed E-state index contributed by atoms with van der Waals surface area (Å²) < 4.78 is 56.1. The molecule has 1 atom stereocenters. The summed E-state index contributed by atoms with van der Waals surface area (Å²) in [6, 6.07) is -0.483. The van der Waals surface area contributed by atoms with E-state index in [0.29, 0.717) is 16.8 Å². The highest BCUT2D eigenvalue weighted by atomic mass is 79.9.